The van der Waals surface area contributed by atoms with E-state index in [-0.39, 0.29) is 12.5 Å². The topological polar surface area (TPSA) is 86.3 Å². The van der Waals surface area contributed by atoms with Crippen LogP contribution in [0.1, 0.15) is 0 Å². The smallest absolute Gasteiger partial charge is 0.260 e. The molecule has 178 valence electrons. The Morgan fingerprint density at radius 2 is 1.56 bits per heavy atom. The summed E-state index contributed by atoms with van der Waals surface area (Å²) >= 11 is 0. The largest absolute Gasteiger partial charge is 0.497 e. The minimum Gasteiger partial charge on any atom is -0.497 e. The Labute approximate surface area is 198 Å². The van der Waals surface area contributed by atoms with E-state index in [0.29, 0.717) is 49.1 Å². The van der Waals surface area contributed by atoms with Crippen molar-refractivity contribution in [3.05, 3.63) is 54.6 Å². The number of amides is 1. The van der Waals surface area contributed by atoms with Gasteiger partial charge in [-0.3, -0.25) is 4.79 Å². The lowest BCUT2D eigenvalue weighted by Gasteiger charge is -2.35. The average molecular weight is 465 g/mol. The van der Waals surface area contributed by atoms with Gasteiger partial charge >= 0.3 is 0 Å². The molecule has 2 heterocycles. The van der Waals surface area contributed by atoms with Crippen molar-refractivity contribution in [2.75, 3.05) is 59.0 Å². The zero-order valence-electron chi connectivity index (χ0n) is 19.6. The van der Waals surface area contributed by atoms with Crippen LogP contribution in [-0.2, 0) is 4.79 Å². The highest BCUT2D eigenvalue weighted by Gasteiger charge is 2.23. The number of anilines is 1. The normalized spacial score (nSPS) is 13.4. The Bertz CT molecular complexity index is 1110. The van der Waals surface area contributed by atoms with Crippen LogP contribution < -0.4 is 23.8 Å². The molecule has 0 bridgehead atoms. The summed E-state index contributed by atoms with van der Waals surface area (Å²) in [4.78, 5) is 16.5. The maximum absolute atomic E-state index is 12.6. The van der Waals surface area contributed by atoms with Gasteiger partial charge in [-0.05, 0) is 42.5 Å². The van der Waals surface area contributed by atoms with E-state index in [1.807, 2.05) is 42.5 Å². The highest BCUT2D eigenvalue weighted by molar-refractivity contribution is 5.78. The Hall–Kier alpha value is -4.01. The summed E-state index contributed by atoms with van der Waals surface area (Å²) in [6, 6.07) is 16.6. The van der Waals surface area contributed by atoms with Crippen LogP contribution in [0.15, 0.2) is 54.6 Å². The first-order chi connectivity index (χ1) is 16.6. The molecule has 3 aromatic rings. The molecule has 2 aromatic carbocycles. The molecule has 1 fully saturated rings. The number of benzene rings is 2. The zero-order valence-corrected chi connectivity index (χ0v) is 19.6. The first-order valence-corrected chi connectivity index (χ1v) is 11.0. The highest BCUT2D eigenvalue weighted by Crippen LogP contribution is 2.32. The molecule has 0 saturated carbocycles. The second-order valence-electron chi connectivity index (χ2n) is 7.68. The minimum absolute atomic E-state index is 0.00988. The van der Waals surface area contributed by atoms with E-state index >= 15 is 0 Å². The number of carbonyl (C=O) groups excluding carboxylic acids is 1. The molecule has 34 heavy (non-hydrogen) atoms. The fraction of sp³-hybridized carbons (Fsp3) is 0.320. The van der Waals surface area contributed by atoms with Crippen molar-refractivity contribution >= 4 is 11.7 Å². The Kier molecular flexibility index (Phi) is 7.31. The van der Waals surface area contributed by atoms with Gasteiger partial charge in [-0.1, -0.05) is 6.07 Å². The van der Waals surface area contributed by atoms with E-state index in [2.05, 4.69) is 15.1 Å². The summed E-state index contributed by atoms with van der Waals surface area (Å²) in [6.07, 6.45) is 0. The number of ether oxygens (including phenoxy) is 4. The highest BCUT2D eigenvalue weighted by atomic mass is 16.5. The monoisotopic (exact) mass is 464 g/mol. The van der Waals surface area contributed by atoms with Gasteiger partial charge in [0.05, 0.1) is 27.0 Å². The molecule has 0 N–H and O–H groups in total. The molecule has 0 aliphatic carbocycles. The third-order valence-electron chi connectivity index (χ3n) is 5.69. The lowest BCUT2D eigenvalue weighted by atomic mass is 10.1. The first kappa shape index (κ1) is 23.2. The van der Waals surface area contributed by atoms with Gasteiger partial charge in [0, 0.05) is 37.8 Å². The Morgan fingerprint density at radius 3 is 2.24 bits per heavy atom. The van der Waals surface area contributed by atoms with Crippen LogP contribution in [0.25, 0.3) is 11.3 Å². The molecule has 1 amide bonds. The van der Waals surface area contributed by atoms with Crippen LogP contribution in [-0.4, -0.2) is 75.1 Å². The van der Waals surface area contributed by atoms with E-state index in [9.17, 15) is 4.79 Å². The molecular formula is C25H28N4O5. The van der Waals surface area contributed by atoms with Crippen molar-refractivity contribution in [2.24, 2.45) is 0 Å². The molecule has 0 spiro atoms. The van der Waals surface area contributed by atoms with Crippen LogP contribution in [0.4, 0.5) is 5.82 Å². The Balaban J connectivity index is 1.33. The van der Waals surface area contributed by atoms with Crippen molar-refractivity contribution in [3.63, 3.8) is 0 Å². The molecule has 1 aromatic heterocycles. The number of methoxy groups -OCH3 is 3. The van der Waals surface area contributed by atoms with Gasteiger partial charge in [-0.2, -0.15) is 0 Å². The number of rotatable bonds is 8. The van der Waals surface area contributed by atoms with Gasteiger partial charge in [0.1, 0.15) is 23.0 Å². The number of piperazine rings is 1. The number of hydrogen-bond acceptors (Lipinski definition) is 8. The lowest BCUT2D eigenvalue weighted by molar-refractivity contribution is -0.133. The van der Waals surface area contributed by atoms with Crippen molar-refractivity contribution in [1.29, 1.82) is 0 Å². The fourth-order valence-electron chi connectivity index (χ4n) is 3.76. The molecule has 9 heteroatoms. The number of hydrogen-bond donors (Lipinski definition) is 0. The van der Waals surface area contributed by atoms with Crippen molar-refractivity contribution in [1.82, 2.24) is 15.1 Å². The van der Waals surface area contributed by atoms with Crippen LogP contribution in [0.2, 0.25) is 0 Å². The van der Waals surface area contributed by atoms with Crippen molar-refractivity contribution < 1.29 is 23.7 Å². The van der Waals surface area contributed by atoms with Gasteiger partial charge in [-0.15, -0.1) is 10.2 Å². The maximum atomic E-state index is 12.6. The average Bonchev–Trinajstić information content (AvgIpc) is 2.91. The van der Waals surface area contributed by atoms with Crippen molar-refractivity contribution in [3.8, 4) is 34.3 Å². The van der Waals surface area contributed by atoms with Crippen LogP contribution in [0.5, 0.6) is 23.0 Å². The standard InChI is InChI=1S/C25H28N4O5/c1-31-18-5-4-6-20(15-18)34-17-25(30)29-13-11-28(12-14-29)24-10-8-22(26-27-24)21-16-19(32-2)7-9-23(21)33-3/h4-10,15-16H,11-14,17H2,1-3H3. The van der Waals surface area contributed by atoms with Crippen LogP contribution in [0.3, 0.4) is 0 Å². The fourth-order valence-corrected chi connectivity index (χ4v) is 3.76. The van der Waals surface area contributed by atoms with E-state index in [0.717, 1.165) is 17.1 Å². The first-order valence-electron chi connectivity index (χ1n) is 11.0. The zero-order chi connectivity index (χ0) is 23.9. The molecule has 9 nitrogen and oxygen atoms in total. The third kappa shape index (κ3) is 5.31. The number of nitrogens with zero attached hydrogens (tertiary/aromatic N) is 4. The van der Waals surface area contributed by atoms with Gasteiger partial charge in [0.2, 0.25) is 0 Å². The maximum Gasteiger partial charge on any atom is 0.260 e. The van der Waals surface area contributed by atoms with E-state index in [1.165, 1.54) is 0 Å². The molecule has 0 unspecified atom stereocenters. The second kappa shape index (κ2) is 10.7. The van der Waals surface area contributed by atoms with Crippen LogP contribution in [0, 0.1) is 0 Å². The molecule has 0 radical (unpaired) electrons. The number of carbonyl (C=O) groups is 1. The summed E-state index contributed by atoms with van der Waals surface area (Å²) in [7, 11) is 4.84. The molecule has 0 atom stereocenters. The summed E-state index contributed by atoms with van der Waals surface area (Å²) in [5, 5.41) is 8.81. The van der Waals surface area contributed by atoms with E-state index in [1.54, 1.807) is 38.4 Å². The molecule has 4 rings (SSSR count). The lowest BCUT2D eigenvalue weighted by Crippen LogP contribution is -2.50. The van der Waals surface area contributed by atoms with E-state index < -0.39 is 0 Å². The quantitative estimate of drug-likeness (QED) is 0.503. The SMILES string of the molecule is COc1cccc(OCC(=O)N2CCN(c3ccc(-c4cc(OC)ccc4OC)nn3)CC2)c1. The Morgan fingerprint density at radius 1 is 0.824 bits per heavy atom. The summed E-state index contributed by atoms with van der Waals surface area (Å²) in [5.41, 5.74) is 1.51. The van der Waals surface area contributed by atoms with Gasteiger partial charge in [-0.25, -0.2) is 0 Å². The molecule has 1 aliphatic heterocycles. The van der Waals surface area contributed by atoms with Crippen LogP contribution >= 0.6 is 0 Å². The van der Waals surface area contributed by atoms with E-state index in [4.69, 9.17) is 18.9 Å². The minimum atomic E-state index is -0.0472. The third-order valence-corrected chi connectivity index (χ3v) is 5.69. The van der Waals surface area contributed by atoms with Gasteiger partial charge < -0.3 is 28.7 Å². The van der Waals surface area contributed by atoms with Crippen molar-refractivity contribution in [2.45, 2.75) is 0 Å². The second-order valence-corrected chi connectivity index (χ2v) is 7.68. The molecular weight excluding hydrogens is 436 g/mol. The van der Waals surface area contributed by atoms with Gasteiger partial charge in [0.15, 0.2) is 12.4 Å². The predicted octanol–water partition coefficient (Wildman–Crippen LogP) is 2.90. The summed E-state index contributed by atoms with van der Waals surface area (Å²) in [6.45, 7) is 2.51. The predicted molar refractivity (Wildman–Crippen MR) is 128 cm³/mol. The summed E-state index contributed by atoms with van der Waals surface area (Å²) < 4.78 is 21.6. The number of aromatic nitrogens is 2. The summed E-state index contributed by atoms with van der Waals surface area (Å²) in [5.74, 6) is 3.44. The van der Waals surface area contributed by atoms with Gasteiger partial charge in [0.25, 0.3) is 5.91 Å². The molecule has 1 aliphatic rings. The molecule has 1 saturated heterocycles.